The van der Waals surface area contributed by atoms with Gasteiger partial charge in [0, 0.05) is 0 Å². The number of benzene rings is 1. The van der Waals surface area contributed by atoms with Crippen LogP contribution in [0.5, 0.6) is 0 Å². The first kappa shape index (κ1) is 16.2. The van der Waals surface area contributed by atoms with Gasteiger partial charge in [-0.1, -0.05) is 30.2 Å². The van der Waals surface area contributed by atoms with Gasteiger partial charge < -0.3 is 5.11 Å². The van der Waals surface area contributed by atoms with Crippen LogP contribution in [0.3, 0.4) is 0 Å². The van der Waals surface area contributed by atoms with Crippen molar-refractivity contribution < 1.29 is 9.90 Å². The number of carboxylic acid groups (broad SMARTS) is 1. The molecule has 3 rings (SSSR count). The minimum atomic E-state index is -0.699. The molecule has 1 fully saturated rings. The highest BCUT2D eigenvalue weighted by atomic mass is 32.1. The van der Waals surface area contributed by atoms with E-state index in [1.807, 2.05) is 0 Å². The van der Waals surface area contributed by atoms with Crippen molar-refractivity contribution >= 4 is 17.3 Å². The zero-order valence-electron chi connectivity index (χ0n) is 13.7. The predicted molar refractivity (Wildman–Crippen MR) is 94.1 cm³/mol. The van der Waals surface area contributed by atoms with Gasteiger partial charge in [0.15, 0.2) is 0 Å². The molecule has 1 saturated heterocycles. The maximum Gasteiger partial charge on any atom is 0.320 e. The summed E-state index contributed by atoms with van der Waals surface area (Å²) in [6.45, 7) is 5.06. The molecule has 1 aliphatic rings. The third-order valence-corrected chi connectivity index (χ3v) is 5.44. The summed E-state index contributed by atoms with van der Waals surface area (Å²) in [5, 5.41) is 13.9. The number of aliphatic carboxylic acids is 1. The number of nitrogens with zero attached hydrogens (tertiary/aromatic N) is 1. The van der Waals surface area contributed by atoms with Gasteiger partial charge in [0.2, 0.25) is 0 Å². The molecule has 3 nitrogen and oxygen atoms in total. The van der Waals surface area contributed by atoms with Crippen LogP contribution in [0.4, 0.5) is 0 Å². The molecule has 122 valence electrons. The van der Waals surface area contributed by atoms with Crippen molar-refractivity contribution in [2.45, 2.75) is 45.2 Å². The molecule has 4 heteroatoms. The zero-order valence-corrected chi connectivity index (χ0v) is 14.5. The SMILES string of the molecule is Cc1ccc(C(c2ccsc2)N2CCCCC2C(=O)O)c(C)c1. The van der Waals surface area contributed by atoms with Crippen LogP contribution in [0, 0.1) is 13.8 Å². The molecule has 2 heterocycles. The Hall–Kier alpha value is -1.65. The van der Waals surface area contributed by atoms with Gasteiger partial charge >= 0.3 is 5.97 Å². The molecule has 2 aromatic rings. The smallest absolute Gasteiger partial charge is 0.320 e. The van der Waals surface area contributed by atoms with Gasteiger partial charge in [-0.3, -0.25) is 9.69 Å². The second-order valence-corrected chi connectivity index (χ2v) is 7.19. The molecule has 0 amide bonds. The standard InChI is InChI=1S/C19H23NO2S/c1-13-6-7-16(14(2)11-13)18(15-8-10-23-12-15)20-9-4-3-5-17(20)19(21)22/h6-8,10-12,17-18H,3-5,9H2,1-2H3,(H,21,22). The van der Waals surface area contributed by atoms with Crippen LogP contribution in [-0.4, -0.2) is 28.6 Å². The molecule has 0 radical (unpaired) electrons. The van der Waals surface area contributed by atoms with Crippen LogP contribution in [-0.2, 0) is 4.79 Å². The second kappa shape index (κ2) is 6.85. The Balaban J connectivity index is 2.07. The number of hydrogen-bond donors (Lipinski definition) is 1. The van der Waals surface area contributed by atoms with Crippen molar-refractivity contribution in [1.82, 2.24) is 4.90 Å². The highest BCUT2D eigenvalue weighted by molar-refractivity contribution is 7.08. The number of hydrogen-bond acceptors (Lipinski definition) is 3. The molecular formula is C19H23NO2S. The lowest BCUT2D eigenvalue weighted by atomic mass is 9.90. The fraction of sp³-hybridized carbons (Fsp3) is 0.421. The summed E-state index contributed by atoms with van der Waals surface area (Å²) in [6.07, 6.45) is 2.80. The Kier molecular flexibility index (Phi) is 4.83. The molecule has 1 aliphatic heterocycles. The van der Waals surface area contributed by atoms with Gasteiger partial charge in [0.1, 0.15) is 6.04 Å². The van der Waals surface area contributed by atoms with Crippen molar-refractivity contribution in [3.8, 4) is 0 Å². The molecular weight excluding hydrogens is 306 g/mol. The van der Waals surface area contributed by atoms with E-state index in [9.17, 15) is 9.90 Å². The number of carboxylic acids is 1. The van der Waals surface area contributed by atoms with E-state index in [1.54, 1.807) is 11.3 Å². The Morgan fingerprint density at radius 2 is 2.13 bits per heavy atom. The number of rotatable bonds is 4. The van der Waals surface area contributed by atoms with Crippen molar-refractivity contribution in [2.24, 2.45) is 0 Å². The first-order valence-corrected chi connectivity index (χ1v) is 9.10. The molecule has 2 atom stereocenters. The Morgan fingerprint density at radius 1 is 1.30 bits per heavy atom. The van der Waals surface area contributed by atoms with E-state index in [4.69, 9.17) is 0 Å². The van der Waals surface area contributed by atoms with Crippen molar-refractivity contribution in [3.05, 3.63) is 57.3 Å². The van der Waals surface area contributed by atoms with Gasteiger partial charge in [0.25, 0.3) is 0 Å². The monoisotopic (exact) mass is 329 g/mol. The minimum absolute atomic E-state index is 0.0308. The van der Waals surface area contributed by atoms with Crippen LogP contribution in [0.25, 0.3) is 0 Å². The van der Waals surface area contributed by atoms with Crippen molar-refractivity contribution in [3.63, 3.8) is 0 Å². The Bertz CT molecular complexity index is 681. The molecule has 1 aromatic heterocycles. The number of likely N-dealkylation sites (tertiary alicyclic amines) is 1. The van der Waals surface area contributed by atoms with E-state index >= 15 is 0 Å². The summed E-state index contributed by atoms with van der Waals surface area (Å²) >= 11 is 1.67. The van der Waals surface area contributed by atoms with E-state index in [0.29, 0.717) is 0 Å². The number of piperidine rings is 1. The van der Waals surface area contributed by atoms with Crippen LogP contribution in [0.2, 0.25) is 0 Å². The van der Waals surface area contributed by atoms with E-state index in [-0.39, 0.29) is 6.04 Å². The summed E-state index contributed by atoms with van der Waals surface area (Å²) in [7, 11) is 0. The van der Waals surface area contributed by atoms with Gasteiger partial charge in [-0.15, -0.1) is 0 Å². The lowest BCUT2D eigenvalue weighted by Gasteiger charge is -2.39. The normalized spacial score (nSPS) is 20.3. The first-order valence-electron chi connectivity index (χ1n) is 8.15. The molecule has 0 saturated carbocycles. The topological polar surface area (TPSA) is 40.5 Å². The quantitative estimate of drug-likeness (QED) is 0.904. The van der Waals surface area contributed by atoms with Crippen LogP contribution < -0.4 is 0 Å². The minimum Gasteiger partial charge on any atom is -0.480 e. The average Bonchev–Trinajstić information content (AvgIpc) is 3.04. The largest absolute Gasteiger partial charge is 0.480 e. The average molecular weight is 329 g/mol. The number of aryl methyl sites for hydroxylation is 2. The summed E-state index contributed by atoms with van der Waals surface area (Å²) < 4.78 is 0. The lowest BCUT2D eigenvalue weighted by molar-refractivity contribution is -0.145. The maximum absolute atomic E-state index is 11.8. The van der Waals surface area contributed by atoms with Gasteiger partial charge in [-0.25, -0.2) is 0 Å². The number of carbonyl (C=O) groups is 1. The third-order valence-electron chi connectivity index (χ3n) is 4.74. The number of thiophene rings is 1. The summed E-state index contributed by atoms with van der Waals surface area (Å²) in [6, 6.07) is 8.25. The van der Waals surface area contributed by atoms with Crippen LogP contribution >= 0.6 is 11.3 Å². The molecule has 1 aromatic carbocycles. The third kappa shape index (κ3) is 3.33. The molecule has 1 N–H and O–H groups in total. The zero-order chi connectivity index (χ0) is 16.4. The fourth-order valence-electron chi connectivity index (χ4n) is 3.64. The molecule has 0 spiro atoms. The highest BCUT2D eigenvalue weighted by Crippen LogP contribution is 2.36. The lowest BCUT2D eigenvalue weighted by Crippen LogP contribution is -2.46. The summed E-state index contributed by atoms with van der Waals surface area (Å²) in [5.74, 6) is -0.699. The maximum atomic E-state index is 11.8. The molecule has 0 bridgehead atoms. The molecule has 23 heavy (non-hydrogen) atoms. The van der Waals surface area contributed by atoms with Crippen molar-refractivity contribution in [2.75, 3.05) is 6.54 Å². The van der Waals surface area contributed by atoms with Crippen LogP contribution in [0.1, 0.15) is 47.6 Å². The molecule has 0 aliphatic carbocycles. The van der Waals surface area contributed by atoms with E-state index in [1.165, 1.54) is 22.3 Å². The van der Waals surface area contributed by atoms with Crippen LogP contribution in [0.15, 0.2) is 35.0 Å². The van der Waals surface area contributed by atoms with E-state index < -0.39 is 12.0 Å². The van der Waals surface area contributed by atoms with E-state index in [0.717, 1.165) is 25.8 Å². The van der Waals surface area contributed by atoms with Crippen molar-refractivity contribution in [1.29, 1.82) is 0 Å². The van der Waals surface area contributed by atoms with E-state index in [2.05, 4.69) is 53.8 Å². The summed E-state index contributed by atoms with van der Waals surface area (Å²) in [4.78, 5) is 14.0. The predicted octanol–water partition coefficient (Wildman–Crippen LogP) is 4.39. The van der Waals surface area contributed by atoms with Gasteiger partial charge in [-0.2, -0.15) is 11.3 Å². The van der Waals surface area contributed by atoms with Gasteiger partial charge in [0.05, 0.1) is 6.04 Å². The fourth-order valence-corrected chi connectivity index (χ4v) is 4.32. The van der Waals surface area contributed by atoms with Gasteiger partial charge in [-0.05, 0) is 66.8 Å². The molecule has 2 unspecified atom stereocenters. The Morgan fingerprint density at radius 3 is 2.78 bits per heavy atom. The first-order chi connectivity index (χ1) is 11.1. The second-order valence-electron chi connectivity index (χ2n) is 6.41. The Labute approximate surface area is 141 Å². The highest BCUT2D eigenvalue weighted by Gasteiger charge is 2.35. The summed E-state index contributed by atoms with van der Waals surface area (Å²) in [5.41, 5.74) is 4.90.